The average Bonchev–Trinajstić information content (AvgIpc) is 3.33. The van der Waals surface area contributed by atoms with Crippen molar-refractivity contribution in [2.75, 3.05) is 6.61 Å². The van der Waals surface area contributed by atoms with Gasteiger partial charge in [0.05, 0.1) is 30.7 Å². The van der Waals surface area contributed by atoms with Crippen molar-refractivity contribution in [3.63, 3.8) is 0 Å². The summed E-state index contributed by atoms with van der Waals surface area (Å²) in [5, 5.41) is 0. The molecule has 2 saturated heterocycles. The van der Waals surface area contributed by atoms with Gasteiger partial charge in [-0.25, -0.2) is 0 Å². The van der Waals surface area contributed by atoms with Crippen molar-refractivity contribution in [3.8, 4) is 0 Å². The Morgan fingerprint density at radius 1 is 0.833 bits per heavy atom. The Morgan fingerprint density at radius 3 is 2.06 bits per heavy atom. The van der Waals surface area contributed by atoms with Gasteiger partial charge in [0.15, 0.2) is 11.6 Å². The van der Waals surface area contributed by atoms with Crippen LogP contribution in [0.1, 0.15) is 44.4 Å². The summed E-state index contributed by atoms with van der Waals surface area (Å²) in [5.41, 5.74) is 3.29. The van der Waals surface area contributed by atoms with Gasteiger partial charge in [0.25, 0.3) is 0 Å². The smallest absolute Gasteiger partial charge is 0.317 e. The molecular weight excluding hydrogens is 460 g/mol. The number of aryl methyl sites for hydroxylation is 2. The maximum absolute atomic E-state index is 13.5. The Bertz CT molecular complexity index is 1410. The normalized spacial score (nSPS) is 25.0. The fourth-order valence-corrected chi connectivity index (χ4v) is 5.15. The highest BCUT2D eigenvalue weighted by Gasteiger charge is 2.50. The molecule has 0 spiro atoms. The van der Waals surface area contributed by atoms with E-state index in [-0.39, 0.29) is 12.6 Å². The fraction of sp³-hybridized carbons (Fsp3) is 0.500. The monoisotopic (exact) mass is 494 g/mol. The van der Waals surface area contributed by atoms with Gasteiger partial charge in [-0.05, 0) is 70.4 Å². The Balaban J connectivity index is 1.60. The van der Waals surface area contributed by atoms with Crippen LogP contribution in [0.2, 0.25) is 0 Å². The lowest BCUT2D eigenvalue weighted by molar-refractivity contribution is -0.174. The molecule has 3 atom stereocenters. The van der Waals surface area contributed by atoms with E-state index in [1.54, 1.807) is 4.57 Å². The van der Waals surface area contributed by atoms with Gasteiger partial charge in [-0.3, -0.25) is 18.7 Å². The van der Waals surface area contributed by atoms with Gasteiger partial charge in [-0.2, -0.15) is 0 Å². The molecule has 0 bridgehead atoms. The Hall–Kier alpha value is -2.78. The van der Waals surface area contributed by atoms with Crippen molar-refractivity contribution in [2.24, 2.45) is 0 Å². The lowest BCUT2D eigenvalue weighted by Crippen LogP contribution is -2.46. The molecule has 3 unspecified atom stereocenters. The Kier molecular flexibility index (Phi) is 6.19. The summed E-state index contributed by atoms with van der Waals surface area (Å²) in [7, 11) is 0. The molecule has 36 heavy (non-hydrogen) atoms. The van der Waals surface area contributed by atoms with E-state index in [1.165, 1.54) is 4.57 Å². The highest BCUT2D eigenvalue weighted by atomic mass is 16.8. The first-order chi connectivity index (χ1) is 16.9. The number of rotatable bonds is 5. The average molecular weight is 495 g/mol. The second-order valence-corrected chi connectivity index (χ2v) is 10.7. The van der Waals surface area contributed by atoms with Gasteiger partial charge in [-0.15, -0.1) is 0 Å². The van der Waals surface area contributed by atoms with Crippen LogP contribution >= 0.6 is 0 Å². The van der Waals surface area contributed by atoms with Gasteiger partial charge < -0.3 is 18.9 Å². The minimum Gasteiger partial charge on any atom is -0.348 e. The number of fused-ring (bicyclic) bond motifs is 1. The van der Waals surface area contributed by atoms with Crippen molar-refractivity contribution in [2.45, 2.75) is 84.5 Å². The topological polar surface area (TPSA) is 80.9 Å². The van der Waals surface area contributed by atoms with Gasteiger partial charge >= 0.3 is 11.1 Å². The molecule has 0 amide bonds. The molecule has 0 saturated carbocycles. The zero-order valence-corrected chi connectivity index (χ0v) is 21.7. The molecule has 0 radical (unpaired) electrons. The van der Waals surface area contributed by atoms with Gasteiger partial charge in [-0.1, -0.05) is 30.3 Å². The first-order valence-electron chi connectivity index (χ1n) is 12.4. The largest absolute Gasteiger partial charge is 0.348 e. The van der Waals surface area contributed by atoms with Crippen LogP contribution < -0.4 is 11.1 Å². The van der Waals surface area contributed by atoms with Crippen LogP contribution in [-0.4, -0.2) is 45.6 Å². The summed E-state index contributed by atoms with van der Waals surface area (Å²) in [6.07, 6.45) is -1.31. The summed E-state index contributed by atoms with van der Waals surface area (Å²) in [5.74, 6) is -1.58. The third-order valence-corrected chi connectivity index (χ3v) is 7.01. The number of hydrogen-bond donors (Lipinski definition) is 0. The lowest BCUT2D eigenvalue weighted by Gasteiger charge is -2.25. The first-order valence-corrected chi connectivity index (χ1v) is 12.4. The molecule has 0 aliphatic carbocycles. The Morgan fingerprint density at radius 2 is 1.44 bits per heavy atom. The van der Waals surface area contributed by atoms with Gasteiger partial charge in [0.1, 0.15) is 18.3 Å². The number of aromatic nitrogens is 2. The molecule has 2 fully saturated rings. The summed E-state index contributed by atoms with van der Waals surface area (Å²) in [6, 6.07) is 13.6. The lowest BCUT2D eigenvalue weighted by atomic mass is 10.1. The van der Waals surface area contributed by atoms with Gasteiger partial charge in [0.2, 0.25) is 0 Å². The van der Waals surface area contributed by atoms with E-state index >= 15 is 0 Å². The standard InChI is InChI=1S/C28H34N2O6/c1-17-12-20-21(13-18(17)2)30(26(32)25(31)29(20)14-19-10-8-7-9-11-19)15-22-24(36-28(5,6)34-22)23-16-33-27(3,4)35-23/h7-13,22-24H,14-16H2,1-6H3. The van der Waals surface area contributed by atoms with Crippen LogP contribution in [0, 0.1) is 13.8 Å². The van der Waals surface area contributed by atoms with Crippen LogP contribution in [0.15, 0.2) is 52.1 Å². The molecule has 8 nitrogen and oxygen atoms in total. The maximum atomic E-state index is 13.5. The number of benzene rings is 2. The van der Waals surface area contributed by atoms with Crippen molar-refractivity contribution >= 4 is 11.0 Å². The molecule has 2 aliphatic heterocycles. The maximum Gasteiger partial charge on any atom is 0.317 e. The van der Waals surface area contributed by atoms with Crippen LogP contribution in [0.5, 0.6) is 0 Å². The third-order valence-electron chi connectivity index (χ3n) is 7.01. The second-order valence-electron chi connectivity index (χ2n) is 10.7. The summed E-state index contributed by atoms with van der Waals surface area (Å²) < 4.78 is 27.4. The van der Waals surface area contributed by atoms with Crippen LogP contribution in [0.4, 0.5) is 0 Å². The number of ether oxygens (including phenoxy) is 4. The van der Waals surface area contributed by atoms with Crippen LogP contribution in [0.25, 0.3) is 11.0 Å². The highest BCUT2D eigenvalue weighted by molar-refractivity contribution is 5.77. The molecule has 1 aromatic heterocycles. The van der Waals surface area contributed by atoms with E-state index in [2.05, 4.69) is 0 Å². The van der Waals surface area contributed by atoms with Gasteiger partial charge in [0, 0.05) is 0 Å². The van der Waals surface area contributed by atoms with E-state index < -0.39 is 34.9 Å². The molecule has 2 aromatic carbocycles. The SMILES string of the molecule is Cc1cc2c(cc1C)n(CC1OC(C)(C)OC1C1COC(C)(C)O1)c(=O)c(=O)n2Cc1ccccc1. The third kappa shape index (κ3) is 4.66. The predicted molar refractivity (Wildman–Crippen MR) is 136 cm³/mol. The molecular formula is C28H34N2O6. The summed E-state index contributed by atoms with van der Waals surface area (Å²) >= 11 is 0. The minimum atomic E-state index is -0.861. The molecule has 192 valence electrons. The molecule has 3 aromatic rings. The molecule has 0 N–H and O–H groups in total. The highest BCUT2D eigenvalue weighted by Crippen LogP contribution is 2.36. The summed E-state index contributed by atoms with van der Waals surface area (Å²) in [6.45, 7) is 12.2. The molecule has 5 rings (SSSR count). The van der Waals surface area contributed by atoms with Crippen LogP contribution in [-0.2, 0) is 32.0 Å². The molecule has 3 heterocycles. The van der Waals surface area contributed by atoms with E-state index in [0.717, 1.165) is 16.7 Å². The van der Waals surface area contributed by atoms with Crippen molar-refractivity contribution in [1.82, 2.24) is 9.13 Å². The van der Waals surface area contributed by atoms with Crippen molar-refractivity contribution in [3.05, 3.63) is 79.9 Å². The predicted octanol–water partition coefficient (Wildman–Crippen LogP) is 3.50. The number of hydrogen-bond acceptors (Lipinski definition) is 6. The van der Waals surface area contributed by atoms with E-state index in [9.17, 15) is 9.59 Å². The zero-order valence-electron chi connectivity index (χ0n) is 21.7. The van der Waals surface area contributed by atoms with E-state index in [0.29, 0.717) is 24.2 Å². The quantitative estimate of drug-likeness (QED) is 0.505. The van der Waals surface area contributed by atoms with Crippen molar-refractivity contribution in [1.29, 1.82) is 0 Å². The molecule has 8 heteroatoms. The van der Waals surface area contributed by atoms with E-state index in [1.807, 2.05) is 84.0 Å². The number of nitrogens with zero attached hydrogens (tertiary/aromatic N) is 2. The van der Waals surface area contributed by atoms with Crippen molar-refractivity contribution < 1.29 is 18.9 Å². The van der Waals surface area contributed by atoms with E-state index in [4.69, 9.17) is 18.9 Å². The molecule has 2 aliphatic rings. The van der Waals surface area contributed by atoms with Crippen LogP contribution in [0.3, 0.4) is 0 Å². The summed E-state index contributed by atoms with van der Waals surface area (Å²) in [4.78, 5) is 27.0. The Labute approximate surface area is 210 Å². The minimum absolute atomic E-state index is 0.160. The fourth-order valence-electron chi connectivity index (χ4n) is 5.15. The first kappa shape index (κ1) is 24.9. The second kappa shape index (κ2) is 8.95. The zero-order chi connectivity index (χ0) is 25.8.